The molecule has 1 aliphatic carbocycles. The van der Waals surface area contributed by atoms with E-state index in [4.69, 9.17) is 4.74 Å². The van der Waals surface area contributed by atoms with Crippen LogP contribution in [0, 0.1) is 15.9 Å². The van der Waals surface area contributed by atoms with E-state index >= 15 is 0 Å². The van der Waals surface area contributed by atoms with Gasteiger partial charge in [-0.3, -0.25) is 10.1 Å². The zero-order valence-corrected chi connectivity index (χ0v) is 10.1. The molecule has 98 valence electrons. The molecule has 0 amide bonds. The molecule has 0 bridgehead atoms. The molecule has 0 aromatic heterocycles. The third-order valence-corrected chi connectivity index (χ3v) is 3.18. The van der Waals surface area contributed by atoms with Crippen molar-refractivity contribution in [3.8, 4) is 5.75 Å². The zero-order chi connectivity index (χ0) is 13.1. The van der Waals surface area contributed by atoms with Crippen LogP contribution in [0.15, 0.2) is 12.1 Å². The number of nitrogens with zero attached hydrogens (tertiary/aromatic N) is 1. The number of hydrogen-bond donors (Lipinski definition) is 1. The van der Waals surface area contributed by atoms with E-state index in [2.05, 4.69) is 5.32 Å². The van der Waals surface area contributed by atoms with Crippen LogP contribution < -0.4 is 10.1 Å². The van der Waals surface area contributed by atoms with E-state index in [0.29, 0.717) is 0 Å². The Hall–Kier alpha value is -1.85. The first-order valence-electron chi connectivity index (χ1n) is 5.90. The maximum atomic E-state index is 13.8. The molecule has 6 heteroatoms. The van der Waals surface area contributed by atoms with Gasteiger partial charge in [0.25, 0.3) is 0 Å². The molecule has 0 spiro atoms. The van der Waals surface area contributed by atoms with Gasteiger partial charge in [0.15, 0.2) is 11.6 Å². The first-order chi connectivity index (χ1) is 8.61. The molecule has 1 aromatic carbocycles. The highest BCUT2D eigenvalue weighted by Crippen LogP contribution is 2.33. The van der Waals surface area contributed by atoms with Crippen LogP contribution in [0.25, 0.3) is 0 Å². The van der Waals surface area contributed by atoms with E-state index in [1.165, 1.54) is 13.2 Å². The Morgan fingerprint density at radius 3 is 2.67 bits per heavy atom. The summed E-state index contributed by atoms with van der Waals surface area (Å²) in [6.07, 6.45) is 4.25. The van der Waals surface area contributed by atoms with Crippen LogP contribution >= 0.6 is 0 Å². The second-order valence-electron chi connectivity index (χ2n) is 4.39. The Kier molecular flexibility index (Phi) is 3.64. The molecule has 0 saturated heterocycles. The summed E-state index contributed by atoms with van der Waals surface area (Å²) in [4.78, 5) is 10.1. The maximum absolute atomic E-state index is 13.8. The van der Waals surface area contributed by atoms with Crippen molar-refractivity contribution in [3.63, 3.8) is 0 Å². The number of methoxy groups -OCH3 is 1. The van der Waals surface area contributed by atoms with Gasteiger partial charge in [-0.25, -0.2) is 4.39 Å². The van der Waals surface area contributed by atoms with Crippen molar-refractivity contribution in [1.29, 1.82) is 0 Å². The van der Waals surface area contributed by atoms with Gasteiger partial charge in [0, 0.05) is 12.1 Å². The lowest BCUT2D eigenvalue weighted by Crippen LogP contribution is -2.15. The standard InChI is InChI=1S/C12H15FN2O3/c1-18-12-7-10(14-8-4-2-3-5-8)9(13)6-11(12)15(16)17/h6-8,14H,2-5H2,1H3. The van der Waals surface area contributed by atoms with Gasteiger partial charge in [-0.15, -0.1) is 0 Å². The molecule has 0 aliphatic heterocycles. The van der Waals surface area contributed by atoms with E-state index in [1.54, 1.807) is 0 Å². The fraction of sp³-hybridized carbons (Fsp3) is 0.500. The first-order valence-corrected chi connectivity index (χ1v) is 5.90. The molecule has 0 radical (unpaired) electrons. The first kappa shape index (κ1) is 12.6. The minimum atomic E-state index is -0.652. The van der Waals surface area contributed by atoms with Gasteiger partial charge in [-0.05, 0) is 12.8 Å². The lowest BCUT2D eigenvalue weighted by atomic mass is 10.2. The van der Waals surface area contributed by atoms with E-state index < -0.39 is 10.7 Å². The zero-order valence-electron chi connectivity index (χ0n) is 10.1. The number of anilines is 1. The summed E-state index contributed by atoms with van der Waals surface area (Å²) in [7, 11) is 1.33. The Labute approximate surface area is 104 Å². The van der Waals surface area contributed by atoms with Gasteiger partial charge in [0.05, 0.1) is 23.8 Å². The van der Waals surface area contributed by atoms with Gasteiger partial charge in [0.1, 0.15) is 0 Å². The fourth-order valence-corrected chi connectivity index (χ4v) is 2.25. The number of nitro groups is 1. The number of nitrogens with one attached hydrogen (secondary N) is 1. The van der Waals surface area contributed by atoms with Crippen molar-refractivity contribution in [2.24, 2.45) is 0 Å². The van der Waals surface area contributed by atoms with Crippen LogP contribution in [0.4, 0.5) is 15.8 Å². The number of nitro benzene ring substituents is 1. The molecular weight excluding hydrogens is 239 g/mol. The Morgan fingerprint density at radius 1 is 1.44 bits per heavy atom. The van der Waals surface area contributed by atoms with Crippen molar-refractivity contribution in [2.75, 3.05) is 12.4 Å². The summed E-state index contributed by atoms with van der Waals surface area (Å²) < 4.78 is 18.7. The predicted molar refractivity (Wildman–Crippen MR) is 65.5 cm³/mol. The molecule has 1 N–H and O–H groups in total. The summed E-state index contributed by atoms with van der Waals surface area (Å²) in [5.41, 5.74) is -0.0867. The number of hydrogen-bond acceptors (Lipinski definition) is 4. The van der Waals surface area contributed by atoms with E-state index in [0.717, 1.165) is 31.7 Å². The summed E-state index contributed by atoms with van der Waals surface area (Å²) >= 11 is 0. The van der Waals surface area contributed by atoms with Crippen molar-refractivity contribution < 1.29 is 14.1 Å². The normalized spacial score (nSPS) is 15.7. The van der Waals surface area contributed by atoms with Crippen LogP contribution in [0.5, 0.6) is 5.75 Å². The second-order valence-corrected chi connectivity index (χ2v) is 4.39. The third kappa shape index (κ3) is 2.52. The smallest absolute Gasteiger partial charge is 0.313 e. The highest BCUT2D eigenvalue weighted by molar-refractivity contribution is 5.59. The summed E-state index contributed by atoms with van der Waals surface area (Å²) in [6.45, 7) is 0. The topological polar surface area (TPSA) is 64.4 Å². The van der Waals surface area contributed by atoms with Crippen LogP contribution in [-0.4, -0.2) is 18.1 Å². The Balaban J connectivity index is 2.27. The van der Waals surface area contributed by atoms with E-state index in [-0.39, 0.29) is 23.2 Å². The van der Waals surface area contributed by atoms with Crippen LogP contribution in [0.2, 0.25) is 0 Å². The van der Waals surface area contributed by atoms with Crippen molar-refractivity contribution in [3.05, 3.63) is 28.1 Å². The lowest BCUT2D eigenvalue weighted by Gasteiger charge is -2.15. The number of ether oxygens (including phenoxy) is 1. The molecule has 1 aromatic rings. The minimum Gasteiger partial charge on any atom is -0.490 e. The largest absolute Gasteiger partial charge is 0.490 e. The predicted octanol–water partition coefficient (Wildman–Crippen LogP) is 3.10. The van der Waals surface area contributed by atoms with Gasteiger partial charge in [-0.1, -0.05) is 12.8 Å². The minimum absolute atomic E-state index is 0.0712. The van der Waals surface area contributed by atoms with Crippen LogP contribution in [0.1, 0.15) is 25.7 Å². The molecule has 1 fully saturated rings. The third-order valence-electron chi connectivity index (χ3n) is 3.18. The van der Waals surface area contributed by atoms with Gasteiger partial charge < -0.3 is 10.1 Å². The second kappa shape index (κ2) is 5.20. The fourth-order valence-electron chi connectivity index (χ4n) is 2.25. The number of benzene rings is 1. The van der Waals surface area contributed by atoms with E-state index in [9.17, 15) is 14.5 Å². The van der Waals surface area contributed by atoms with Gasteiger partial charge in [0.2, 0.25) is 0 Å². The average Bonchev–Trinajstić information content (AvgIpc) is 2.83. The van der Waals surface area contributed by atoms with Crippen molar-refractivity contribution in [1.82, 2.24) is 0 Å². The lowest BCUT2D eigenvalue weighted by molar-refractivity contribution is -0.385. The van der Waals surface area contributed by atoms with Crippen LogP contribution in [-0.2, 0) is 0 Å². The van der Waals surface area contributed by atoms with Gasteiger partial charge >= 0.3 is 5.69 Å². The highest BCUT2D eigenvalue weighted by atomic mass is 19.1. The van der Waals surface area contributed by atoms with Crippen LogP contribution in [0.3, 0.4) is 0 Å². The summed E-state index contributed by atoms with van der Waals surface area (Å²) in [5.74, 6) is -0.545. The number of halogens is 1. The quantitative estimate of drug-likeness (QED) is 0.662. The monoisotopic (exact) mass is 254 g/mol. The number of rotatable bonds is 4. The van der Waals surface area contributed by atoms with Crippen molar-refractivity contribution in [2.45, 2.75) is 31.7 Å². The molecule has 0 heterocycles. The molecule has 1 aliphatic rings. The average molecular weight is 254 g/mol. The molecule has 5 nitrogen and oxygen atoms in total. The molecule has 1 saturated carbocycles. The highest BCUT2D eigenvalue weighted by Gasteiger charge is 2.21. The molecule has 2 rings (SSSR count). The summed E-state index contributed by atoms with van der Waals surface area (Å²) in [6, 6.07) is 2.49. The SMILES string of the molecule is COc1cc(NC2CCCC2)c(F)cc1[N+](=O)[O-]. The molecule has 0 unspecified atom stereocenters. The Bertz CT molecular complexity index is 459. The molecule has 18 heavy (non-hydrogen) atoms. The van der Waals surface area contributed by atoms with Crippen molar-refractivity contribution >= 4 is 11.4 Å². The van der Waals surface area contributed by atoms with Gasteiger partial charge in [-0.2, -0.15) is 0 Å². The molecular formula is C12H15FN2O3. The summed E-state index contributed by atoms with van der Waals surface area (Å²) in [5, 5.41) is 13.8. The van der Waals surface area contributed by atoms with E-state index in [1.807, 2.05) is 0 Å². The molecule has 0 atom stereocenters. The maximum Gasteiger partial charge on any atom is 0.313 e. The Morgan fingerprint density at radius 2 is 2.11 bits per heavy atom.